The molecule has 2 heterocycles. The zero-order chi connectivity index (χ0) is 22.7. The number of fused-ring (bicyclic) bond motifs is 1. The third-order valence-electron chi connectivity index (χ3n) is 6.98. The zero-order valence-corrected chi connectivity index (χ0v) is 19.3. The molecule has 1 fully saturated rings. The van der Waals surface area contributed by atoms with E-state index in [1.165, 1.54) is 0 Å². The van der Waals surface area contributed by atoms with Crippen molar-refractivity contribution < 1.29 is 9.90 Å². The average molecular weight is 429 g/mol. The maximum Gasteiger partial charge on any atom is 0.253 e. The first-order valence-corrected chi connectivity index (χ1v) is 11.6. The third kappa shape index (κ3) is 4.05. The van der Waals surface area contributed by atoms with E-state index >= 15 is 0 Å². The Morgan fingerprint density at radius 3 is 2.41 bits per heavy atom. The molecule has 1 saturated heterocycles. The number of carbonyl (C=O) groups excluding carboxylic acids is 1. The number of pyridine rings is 1. The lowest BCUT2D eigenvalue weighted by atomic mass is 9.71. The van der Waals surface area contributed by atoms with Crippen molar-refractivity contribution in [2.45, 2.75) is 32.3 Å². The van der Waals surface area contributed by atoms with Crippen LogP contribution in [-0.2, 0) is 5.60 Å². The monoisotopic (exact) mass is 429 g/mol. The summed E-state index contributed by atoms with van der Waals surface area (Å²) in [6, 6.07) is 17.6. The van der Waals surface area contributed by atoms with Crippen molar-refractivity contribution in [1.82, 2.24) is 14.7 Å². The number of amides is 1. The molecular weight excluding hydrogens is 397 g/mol. The van der Waals surface area contributed by atoms with Crippen molar-refractivity contribution >= 4 is 24.8 Å². The molecule has 0 bridgehead atoms. The molecule has 6 heteroatoms. The van der Waals surface area contributed by atoms with Gasteiger partial charge in [-0.1, -0.05) is 36.4 Å². The average Bonchev–Trinajstić information content (AvgIpc) is 2.84. The quantitative estimate of drug-likeness (QED) is 0.612. The Bertz CT molecular complexity index is 1070. The summed E-state index contributed by atoms with van der Waals surface area (Å²) in [6.45, 7) is 7.23. The summed E-state index contributed by atoms with van der Waals surface area (Å²) >= 11 is 0. The van der Waals surface area contributed by atoms with E-state index in [9.17, 15) is 9.90 Å². The zero-order valence-electron chi connectivity index (χ0n) is 19.3. The normalized spacial score (nSPS) is 17.2. The fourth-order valence-corrected chi connectivity index (χ4v) is 5.01. The molecule has 0 saturated carbocycles. The largest absolute Gasteiger partial charge is 0.380 e. The first-order valence-electron chi connectivity index (χ1n) is 11.6. The van der Waals surface area contributed by atoms with Crippen molar-refractivity contribution in [1.29, 1.82) is 0 Å². The molecule has 2 aromatic carbocycles. The Labute approximate surface area is 191 Å². The maximum absolute atomic E-state index is 12.8. The van der Waals surface area contributed by atoms with Gasteiger partial charge in [-0.05, 0) is 69.5 Å². The van der Waals surface area contributed by atoms with E-state index in [4.69, 9.17) is 0 Å². The van der Waals surface area contributed by atoms with Crippen LogP contribution in [0.1, 0.15) is 48.2 Å². The van der Waals surface area contributed by atoms with Gasteiger partial charge in [0.25, 0.3) is 5.91 Å². The Hall–Kier alpha value is -2.70. The Balaban J connectivity index is 1.81. The summed E-state index contributed by atoms with van der Waals surface area (Å²) in [5.41, 5.74) is 1.97. The van der Waals surface area contributed by atoms with Crippen LogP contribution in [-0.4, -0.2) is 59.9 Å². The summed E-state index contributed by atoms with van der Waals surface area (Å²) in [4.78, 5) is 21.6. The van der Waals surface area contributed by atoms with Crippen LogP contribution in [0.15, 0.2) is 60.8 Å². The van der Waals surface area contributed by atoms with E-state index in [0.29, 0.717) is 18.7 Å². The lowest BCUT2D eigenvalue weighted by molar-refractivity contribution is -0.00411. The standard InChI is InChI=1S/C26H32BN3O2/c1-3-29(4-2)25(31)20-10-12-21(13-11-20)26(32,22-14-17-30(27)18-15-22)23-9-5-7-19-8-6-16-28-24(19)23/h5-13,16,22,32H,3-4,14-15,17-18,27H2,1-2H3. The topological polar surface area (TPSA) is 56.7 Å². The molecule has 166 valence electrons. The van der Waals surface area contributed by atoms with Gasteiger partial charge in [0.2, 0.25) is 0 Å². The second-order valence-electron chi connectivity index (χ2n) is 8.78. The van der Waals surface area contributed by atoms with Crippen molar-refractivity contribution in [3.63, 3.8) is 0 Å². The molecule has 1 aliphatic heterocycles. The van der Waals surface area contributed by atoms with Crippen molar-refractivity contribution in [3.05, 3.63) is 77.5 Å². The highest BCUT2D eigenvalue weighted by Gasteiger charge is 2.42. The van der Waals surface area contributed by atoms with Gasteiger partial charge < -0.3 is 14.8 Å². The molecule has 5 nitrogen and oxygen atoms in total. The summed E-state index contributed by atoms with van der Waals surface area (Å²) < 4.78 is 0. The summed E-state index contributed by atoms with van der Waals surface area (Å²) in [7, 11) is 2.13. The molecule has 0 spiro atoms. The number of carbonyl (C=O) groups is 1. The number of piperidine rings is 1. The number of para-hydroxylation sites is 1. The van der Waals surface area contributed by atoms with Gasteiger partial charge in [-0.25, -0.2) is 0 Å². The molecule has 1 atom stereocenters. The molecular formula is C26H32BN3O2. The van der Waals surface area contributed by atoms with Gasteiger partial charge in [0.05, 0.1) is 5.52 Å². The van der Waals surface area contributed by atoms with E-state index < -0.39 is 5.60 Å². The summed E-state index contributed by atoms with van der Waals surface area (Å²) in [6.07, 6.45) is 3.58. The number of hydrogen-bond donors (Lipinski definition) is 1. The molecule has 0 aliphatic carbocycles. The van der Waals surface area contributed by atoms with E-state index in [1.54, 1.807) is 6.20 Å². The van der Waals surface area contributed by atoms with Crippen LogP contribution in [0.3, 0.4) is 0 Å². The third-order valence-corrected chi connectivity index (χ3v) is 6.98. The number of aromatic nitrogens is 1. The van der Waals surface area contributed by atoms with Crippen LogP contribution in [0, 0.1) is 5.92 Å². The van der Waals surface area contributed by atoms with Crippen LogP contribution in [0.4, 0.5) is 0 Å². The van der Waals surface area contributed by atoms with Crippen LogP contribution in [0.25, 0.3) is 10.9 Å². The minimum absolute atomic E-state index is 0.0243. The predicted molar refractivity (Wildman–Crippen MR) is 131 cm³/mol. The second-order valence-corrected chi connectivity index (χ2v) is 8.78. The number of benzene rings is 2. The first kappa shape index (κ1) is 22.5. The molecule has 4 rings (SSSR count). The van der Waals surface area contributed by atoms with E-state index in [-0.39, 0.29) is 11.8 Å². The highest BCUT2D eigenvalue weighted by Crippen LogP contribution is 2.44. The summed E-state index contributed by atoms with van der Waals surface area (Å²) in [5, 5.41) is 13.5. The first-order chi connectivity index (χ1) is 15.5. The van der Waals surface area contributed by atoms with E-state index in [2.05, 4.69) is 17.8 Å². The minimum Gasteiger partial charge on any atom is -0.380 e. The molecule has 1 N–H and O–H groups in total. The SMILES string of the molecule is BN1CCC(C(O)(c2ccc(C(=O)N(CC)CC)cc2)c2cccc3cccnc23)CC1. The molecule has 0 radical (unpaired) electrons. The van der Waals surface area contributed by atoms with Crippen molar-refractivity contribution in [2.75, 3.05) is 26.2 Å². The molecule has 1 aliphatic rings. The van der Waals surface area contributed by atoms with Gasteiger partial charge in [-0.15, -0.1) is 0 Å². The Morgan fingerprint density at radius 2 is 1.75 bits per heavy atom. The van der Waals surface area contributed by atoms with Gasteiger partial charge in [0.1, 0.15) is 5.60 Å². The number of nitrogens with zero attached hydrogens (tertiary/aromatic N) is 3. The second kappa shape index (κ2) is 9.43. The Morgan fingerprint density at radius 1 is 1.09 bits per heavy atom. The van der Waals surface area contributed by atoms with Crippen LogP contribution < -0.4 is 0 Å². The number of rotatable bonds is 6. The fourth-order valence-electron chi connectivity index (χ4n) is 5.01. The van der Waals surface area contributed by atoms with Crippen LogP contribution in [0.5, 0.6) is 0 Å². The number of aliphatic hydroxyl groups is 1. The van der Waals surface area contributed by atoms with Gasteiger partial charge in [0.15, 0.2) is 7.98 Å². The lowest BCUT2D eigenvalue weighted by Crippen LogP contribution is -2.43. The smallest absolute Gasteiger partial charge is 0.253 e. The van der Waals surface area contributed by atoms with Gasteiger partial charge in [-0.3, -0.25) is 9.78 Å². The van der Waals surface area contributed by atoms with E-state index in [0.717, 1.165) is 48.0 Å². The highest BCUT2D eigenvalue weighted by molar-refractivity contribution is 6.04. The molecule has 32 heavy (non-hydrogen) atoms. The van der Waals surface area contributed by atoms with E-state index in [1.807, 2.05) is 73.3 Å². The molecule has 3 aromatic rings. The highest BCUT2D eigenvalue weighted by atomic mass is 16.3. The van der Waals surface area contributed by atoms with Gasteiger partial charge >= 0.3 is 0 Å². The Kier molecular flexibility index (Phi) is 6.63. The maximum atomic E-state index is 12.8. The van der Waals surface area contributed by atoms with Crippen molar-refractivity contribution in [2.24, 2.45) is 5.92 Å². The predicted octanol–water partition coefficient (Wildman–Crippen LogP) is 3.21. The van der Waals surface area contributed by atoms with Crippen LogP contribution >= 0.6 is 0 Å². The van der Waals surface area contributed by atoms with Crippen molar-refractivity contribution in [3.8, 4) is 0 Å². The molecule has 1 amide bonds. The number of hydrogen-bond acceptors (Lipinski definition) is 4. The lowest BCUT2D eigenvalue weighted by Gasteiger charge is -2.42. The summed E-state index contributed by atoms with van der Waals surface area (Å²) in [5.74, 6) is 0.0897. The minimum atomic E-state index is -1.17. The molecule has 1 unspecified atom stereocenters. The van der Waals surface area contributed by atoms with Crippen LogP contribution in [0.2, 0.25) is 0 Å². The van der Waals surface area contributed by atoms with Gasteiger partial charge in [-0.2, -0.15) is 0 Å². The fraction of sp³-hybridized carbons (Fsp3) is 0.385. The molecule has 1 aromatic heterocycles. The van der Waals surface area contributed by atoms with Gasteiger partial charge in [0, 0.05) is 35.8 Å².